The number of aldehydes is 1. The summed E-state index contributed by atoms with van der Waals surface area (Å²) >= 11 is 6.49. The zero-order valence-corrected chi connectivity index (χ0v) is 60.9. The smallest absolute Gasteiger partial charge is 0.424 e. The number of anilines is 5. The second-order valence-corrected chi connectivity index (χ2v) is 27.2. The van der Waals surface area contributed by atoms with E-state index >= 15 is 0 Å². The Morgan fingerprint density at radius 3 is 0.900 bits per heavy atom. The molecule has 0 fully saturated rings. The molecule has 0 saturated carbocycles. The molecule has 6 amide bonds. The Bertz CT molecular complexity index is 3000. The first-order valence-electron chi connectivity index (χ1n) is 27.9. The summed E-state index contributed by atoms with van der Waals surface area (Å²) < 4.78 is 33.1. The molecule has 4 N–H and O–H groups in total. The Labute approximate surface area is 559 Å². The van der Waals surface area contributed by atoms with E-state index in [2.05, 4.69) is 63.4 Å². The molecular weight excluding hydrogens is 1330 g/mol. The SMILES string of the molecule is C=Cc1nccc(C)c1N(C(=O)OC(C)(C)C)C(=O)OC(C)(C)C.Cc1ccnc(Br)c1N.Cc1ccnc(Br)c1N(C(=O)OC(C)(C)C)C(=O)OC(C)(C)C.Cc1ccnc(C)c1N.Cc1ccnc(C=O)c1N(C(=O)OC(C)(C)C)C(=O)OC(C)(C)C.[V]. The van der Waals surface area contributed by atoms with Gasteiger partial charge in [-0.15, -0.1) is 0 Å². The van der Waals surface area contributed by atoms with Crippen molar-refractivity contribution in [3.63, 3.8) is 0 Å². The number of halogens is 2. The van der Waals surface area contributed by atoms with E-state index < -0.39 is 70.2 Å². The van der Waals surface area contributed by atoms with E-state index in [1.165, 1.54) is 12.3 Å². The number of hydrogen-bond acceptors (Lipinski definition) is 20. The number of rotatable bonds is 5. The number of pyridine rings is 5. The normalized spacial score (nSPS) is 11.1. The van der Waals surface area contributed by atoms with Gasteiger partial charge in [0.1, 0.15) is 48.5 Å². The van der Waals surface area contributed by atoms with Gasteiger partial charge in [0.25, 0.3) is 0 Å². The van der Waals surface area contributed by atoms with Crippen molar-refractivity contribution >= 4 is 109 Å². The van der Waals surface area contributed by atoms with Crippen LogP contribution < -0.4 is 26.2 Å². The van der Waals surface area contributed by atoms with Gasteiger partial charge in [0.2, 0.25) is 0 Å². The van der Waals surface area contributed by atoms with Crippen molar-refractivity contribution in [3.05, 3.63) is 122 Å². The maximum absolute atomic E-state index is 12.6. The van der Waals surface area contributed by atoms with E-state index in [0.29, 0.717) is 49.5 Å². The summed E-state index contributed by atoms with van der Waals surface area (Å²) in [4.78, 5) is 109. The molecule has 0 aliphatic rings. The topological polar surface area (TPSA) is 301 Å². The third kappa shape index (κ3) is 29.0. The fourth-order valence-electron chi connectivity index (χ4n) is 6.61. The van der Waals surface area contributed by atoms with Crippen LogP contribution >= 0.6 is 31.9 Å². The predicted molar refractivity (Wildman–Crippen MR) is 354 cm³/mol. The van der Waals surface area contributed by atoms with Crippen LogP contribution in [-0.2, 0) is 47.0 Å². The zero-order valence-electron chi connectivity index (χ0n) is 56.4. The van der Waals surface area contributed by atoms with Crippen LogP contribution in [-0.4, -0.2) is 101 Å². The number of carbonyl (C=O) groups is 7. The minimum atomic E-state index is -0.934. The fraction of sp³-hybridized carbons (Fsp3) is 0.469. The van der Waals surface area contributed by atoms with Gasteiger partial charge < -0.3 is 39.9 Å². The number of amides is 6. The molecule has 0 bridgehead atoms. The largest absolute Gasteiger partial charge is 0.443 e. The summed E-state index contributed by atoms with van der Waals surface area (Å²) in [6, 6.07) is 8.76. The number of nitrogens with two attached hydrogens (primary N) is 2. The predicted octanol–water partition coefficient (Wildman–Crippen LogP) is 16.4. The van der Waals surface area contributed by atoms with Crippen LogP contribution in [0.25, 0.3) is 6.08 Å². The van der Waals surface area contributed by atoms with Crippen molar-refractivity contribution < 1.29 is 80.5 Å². The minimum Gasteiger partial charge on any atom is -0.443 e. The number of hydrogen-bond donors (Lipinski definition) is 2. The molecule has 26 heteroatoms. The Kier molecular flexibility index (Phi) is 31.8. The zero-order chi connectivity index (χ0) is 69.1. The number of aryl methyl sites for hydroxylation is 6. The summed E-state index contributed by atoms with van der Waals surface area (Å²) in [6.07, 6.45) is 4.87. The van der Waals surface area contributed by atoms with Crippen LogP contribution in [0, 0.1) is 41.5 Å². The van der Waals surface area contributed by atoms with Crippen molar-refractivity contribution in [1.29, 1.82) is 0 Å². The molecule has 0 saturated heterocycles. The van der Waals surface area contributed by atoms with Crippen LogP contribution in [0.5, 0.6) is 0 Å². The number of imide groups is 3. The van der Waals surface area contributed by atoms with Crippen LogP contribution in [0.15, 0.2) is 77.1 Å². The van der Waals surface area contributed by atoms with Crippen LogP contribution in [0.1, 0.15) is 174 Å². The Morgan fingerprint density at radius 1 is 0.400 bits per heavy atom. The van der Waals surface area contributed by atoms with E-state index in [-0.39, 0.29) is 29.9 Å². The monoisotopic (exact) mass is 1420 g/mol. The molecule has 1 radical (unpaired) electrons. The van der Waals surface area contributed by atoms with Gasteiger partial charge in [-0.25, -0.2) is 38.7 Å². The second kappa shape index (κ2) is 34.6. The fourth-order valence-corrected chi connectivity index (χ4v) is 7.64. The molecule has 5 aromatic heterocycles. The molecule has 5 rings (SSSR count). The maximum atomic E-state index is 12.6. The van der Waals surface area contributed by atoms with Crippen molar-refractivity contribution in [2.24, 2.45) is 0 Å². The van der Waals surface area contributed by atoms with Gasteiger partial charge in [-0.3, -0.25) is 19.7 Å². The molecular formula is C64H90Br2N10O13V. The Morgan fingerprint density at radius 2 is 0.644 bits per heavy atom. The molecule has 0 aliphatic carbocycles. The molecule has 5 aromatic rings. The van der Waals surface area contributed by atoms with Crippen molar-refractivity contribution in [3.8, 4) is 0 Å². The molecule has 0 atom stereocenters. The standard InChI is InChI=1S/C18H26N2O4.C17H24N2O5.C16H23BrN2O4.C7H10N2.C6H7BrN2.V/c1-9-13-14(12(2)10-11-19-13)20(15(21)23-17(3,4)5)16(22)24-18(6,7)8;1-11-8-9-18-12(10-20)13(11)19(14(21)23-16(2,3)4)15(22)24-17(5,6)7;1-10-8-9-18-12(17)11(10)19(13(20)22-15(2,3)4)14(21)23-16(5,6)7;1-5-3-4-9-6(2)7(5)8;1-4-2-3-9-6(7)5(4)8;/h9-11H,1H2,2-8H3;8-10H,1-7H3;8-9H,1-7H3;3-4H,8H2,1-2H3;2-3H,8H2,1H3;. The molecule has 0 aromatic carbocycles. The summed E-state index contributed by atoms with van der Waals surface area (Å²) in [7, 11) is 0. The number of carbonyl (C=O) groups excluding carboxylic acids is 7. The molecule has 5 heterocycles. The van der Waals surface area contributed by atoms with E-state index in [4.69, 9.17) is 39.9 Å². The molecule has 0 spiro atoms. The maximum Gasteiger partial charge on any atom is 0.424 e. The number of nitrogens with zero attached hydrogens (tertiary/aromatic N) is 8. The molecule has 0 unspecified atom stereocenters. The van der Waals surface area contributed by atoms with Gasteiger partial charge in [0.15, 0.2) is 6.29 Å². The van der Waals surface area contributed by atoms with Gasteiger partial charge in [0, 0.05) is 49.5 Å². The quantitative estimate of drug-likeness (QED) is 0.0938. The Hall–Kier alpha value is -7.48. The van der Waals surface area contributed by atoms with Crippen molar-refractivity contribution in [2.75, 3.05) is 26.2 Å². The van der Waals surface area contributed by atoms with Gasteiger partial charge >= 0.3 is 36.6 Å². The summed E-state index contributed by atoms with van der Waals surface area (Å²) in [5.41, 5.74) is 14.0. The van der Waals surface area contributed by atoms with E-state index in [1.807, 2.05) is 32.9 Å². The van der Waals surface area contributed by atoms with Gasteiger partial charge in [-0.05, 0) is 262 Å². The number of ether oxygens (including phenoxy) is 6. The minimum absolute atomic E-state index is 0. The molecule has 23 nitrogen and oxygen atoms in total. The first-order valence-corrected chi connectivity index (χ1v) is 29.5. The average Bonchev–Trinajstić information content (AvgIpc) is 0.842. The van der Waals surface area contributed by atoms with Gasteiger partial charge in [0.05, 0.1) is 39.8 Å². The van der Waals surface area contributed by atoms with Crippen LogP contribution in [0.3, 0.4) is 0 Å². The summed E-state index contributed by atoms with van der Waals surface area (Å²) in [5.74, 6) is 0. The summed E-state index contributed by atoms with van der Waals surface area (Å²) in [5, 5.41) is 0. The number of aromatic nitrogens is 5. The van der Waals surface area contributed by atoms with Gasteiger partial charge in [-0.2, -0.15) is 14.7 Å². The third-order valence-corrected chi connectivity index (χ3v) is 11.6. The molecule has 493 valence electrons. The van der Waals surface area contributed by atoms with E-state index in [9.17, 15) is 33.6 Å². The first-order chi connectivity index (χ1) is 40.5. The van der Waals surface area contributed by atoms with Gasteiger partial charge in [-0.1, -0.05) is 6.58 Å². The van der Waals surface area contributed by atoms with E-state index in [0.717, 1.165) is 42.6 Å². The first kappa shape index (κ1) is 82.5. The van der Waals surface area contributed by atoms with Crippen molar-refractivity contribution in [2.45, 2.75) is 200 Å². The summed E-state index contributed by atoms with van der Waals surface area (Å²) in [6.45, 7) is 45.5. The average molecular weight is 1420 g/mol. The molecule has 0 aliphatic heterocycles. The van der Waals surface area contributed by atoms with Crippen LogP contribution in [0.4, 0.5) is 57.2 Å². The van der Waals surface area contributed by atoms with E-state index in [1.54, 1.807) is 188 Å². The number of nitrogen functional groups attached to an aromatic ring is 2. The second-order valence-electron chi connectivity index (χ2n) is 25.7. The third-order valence-electron chi connectivity index (χ3n) is 10.4. The van der Waals surface area contributed by atoms with Crippen molar-refractivity contribution in [1.82, 2.24) is 24.9 Å². The Balaban J connectivity index is 0.00000115. The van der Waals surface area contributed by atoms with Crippen LogP contribution in [0.2, 0.25) is 0 Å². The molecule has 90 heavy (non-hydrogen) atoms.